The minimum Gasteiger partial charge on any atom is -0.376 e. The molecule has 28 heavy (non-hydrogen) atoms. The number of amides is 2. The third kappa shape index (κ3) is 4.77. The van der Waals surface area contributed by atoms with Crippen LogP contribution in [0.3, 0.4) is 0 Å². The van der Waals surface area contributed by atoms with Crippen LogP contribution >= 0.6 is 0 Å². The van der Waals surface area contributed by atoms with Gasteiger partial charge in [-0.1, -0.05) is 17.7 Å². The minimum absolute atomic E-state index is 0.000141. The van der Waals surface area contributed by atoms with E-state index in [0.29, 0.717) is 0 Å². The summed E-state index contributed by atoms with van der Waals surface area (Å²) in [7, 11) is -3.45. The second-order valence-corrected chi connectivity index (χ2v) is 8.28. The Labute approximate surface area is 163 Å². The van der Waals surface area contributed by atoms with Crippen LogP contribution in [-0.2, 0) is 19.6 Å². The fourth-order valence-electron chi connectivity index (χ4n) is 2.77. The summed E-state index contributed by atoms with van der Waals surface area (Å²) in [5.74, 6) is -0.760. The monoisotopic (exact) mass is 403 g/mol. The number of benzene rings is 1. The minimum atomic E-state index is -3.45. The molecule has 3 rings (SSSR count). The first kappa shape index (κ1) is 19.6. The quantitative estimate of drug-likeness (QED) is 0.625. The highest BCUT2D eigenvalue weighted by atomic mass is 32.2. The first-order valence-corrected chi connectivity index (χ1v) is 10.2. The van der Waals surface area contributed by atoms with E-state index >= 15 is 0 Å². The summed E-state index contributed by atoms with van der Waals surface area (Å²) in [5, 5.41) is 3.02. The van der Waals surface area contributed by atoms with E-state index in [4.69, 9.17) is 0 Å². The number of rotatable bonds is 4. The Balaban J connectivity index is 1.51. The fraction of sp³-hybridized carbons (Fsp3) is 0.278. The van der Waals surface area contributed by atoms with Crippen molar-refractivity contribution in [1.82, 2.24) is 15.8 Å². The Bertz CT molecular complexity index is 1010. The second kappa shape index (κ2) is 7.85. The van der Waals surface area contributed by atoms with Gasteiger partial charge in [-0.2, -0.15) is 0 Å². The van der Waals surface area contributed by atoms with Gasteiger partial charge in [-0.15, -0.1) is 4.40 Å². The fourth-order valence-corrected chi connectivity index (χ4v) is 3.73. The van der Waals surface area contributed by atoms with Gasteiger partial charge in [-0.3, -0.25) is 20.4 Å². The molecule has 0 bridgehead atoms. The maximum atomic E-state index is 12.2. The van der Waals surface area contributed by atoms with Gasteiger partial charge in [0.2, 0.25) is 0 Å². The smallest absolute Gasteiger partial charge is 0.271 e. The topological polar surface area (TPSA) is 120 Å². The summed E-state index contributed by atoms with van der Waals surface area (Å²) < 4.78 is 26.6. The van der Waals surface area contributed by atoms with Crippen molar-refractivity contribution in [3.05, 3.63) is 53.3 Å². The van der Waals surface area contributed by atoms with Gasteiger partial charge in [0, 0.05) is 18.4 Å². The molecule has 2 heterocycles. The molecule has 0 aliphatic carbocycles. The van der Waals surface area contributed by atoms with Crippen molar-refractivity contribution in [1.29, 1.82) is 0 Å². The zero-order valence-corrected chi connectivity index (χ0v) is 16.3. The van der Waals surface area contributed by atoms with Gasteiger partial charge in [-0.25, -0.2) is 8.42 Å². The molecule has 0 aromatic heterocycles. The number of carbonyl (C=O) groups is 2. The number of fused-ring (bicyclic) bond motifs is 1. The predicted molar refractivity (Wildman–Crippen MR) is 106 cm³/mol. The molecule has 2 aliphatic rings. The summed E-state index contributed by atoms with van der Waals surface area (Å²) in [6.07, 6.45) is 4.41. The van der Waals surface area contributed by atoms with E-state index in [0.717, 1.165) is 16.8 Å². The van der Waals surface area contributed by atoms with E-state index in [9.17, 15) is 18.0 Å². The zero-order valence-electron chi connectivity index (χ0n) is 15.5. The molecule has 0 fully saturated rings. The molecule has 1 aromatic rings. The van der Waals surface area contributed by atoms with Gasteiger partial charge < -0.3 is 10.2 Å². The van der Waals surface area contributed by atoms with Crippen molar-refractivity contribution in [2.75, 3.05) is 24.2 Å². The molecule has 0 spiro atoms. The van der Waals surface area contributed by atoms with E-state index in [1.54, 1.807) is 4.90 Å². The number of hydrazine groups is 1. The van der Waals surface area contributed by atoms with Crippen LogP contribution in [0.2, 0.25) is 0 Å². The first-order chi connectivity index (χ1) is 13.2. The summed E-state index contributed by atoms with van der Waals surface area (Å²) in [4.78, 5) is 25.8. The number of aryl methyl sites for hydroxylation is 2. The lowest BCUT2D eigenvalue weighted by atomic mass is 10.1. The Morgan fingerprint density at radius 3 is 2.71 bits per heavy atom. The highest BCUT2D eigenvalue weighted by Gasteiger charge is 2.25. The van der Waals surface area contributed by atoms with Gasteiger partial charge >= 0.3 is 0 Å². The standard InChI is InChI=1S/C18H21N5O4S/c1-12-3-5-15(13(2)9-12)19-10-17(24)20-21-18(25)14-4-6-16-22-28(26,27)8-7-23(16)11-14/h3-6,9,11,19H,7-8,10H2,1-2H3,(H,20,24)(H,21,25). The molecule has 0 unspecified atom stereocenters. The van der Waals surface area contributed by atoms with Crippen molar-refractivity contribution in [2.45, 2.75) is 13.8 Å². The number of sulfonamides is 1. The Morgan fingerprint density at radius 2 is 1.96 bits per heavy atom. The van der Waals surface area contributed by atoms with E-state index in [1.807, 2.05) is 32.0 Å². The van der Waals surface area contributed by atoms with Crippen LogP contribution < -0.4 is 16.2 Å². The summed E-state index contributed by atoms with van der Waals surface area (Å²) in [6.45, 7) is 4.15. The largest absolute Gasteiger partial charge is 0.376 e. The van der Waals surface area contributed by atoms with Gasteiger partial charge in [0.05, 0.1) is 17.9 Å². The highest BCUT2D eigenvalue weighted by Crippen LogP contribution is 2.16. The maximum Gasteiger partial charge on any atom is 0.271 e. The first-order valence-electron chi connectivity index (χ1n) is 8.63. The van der Waals surface area contributed by atoms with Gasteiger partial charge in [0.15, 0.2) is 0 Å². The lowest BCUT2D eigenvalue weighted by Crippen LogP contribution is -2.45. The maximum absolute atomic E-state index is 12.2. The average Bonchev–Trinajstić information content (AvgIpc) is 2.64. The lowest BCUT2D eigenvalue weighted by molar-refractivity contribution is -0.125. The van der Waals surface area contributed by atoms with Crippen molar-refractivity contribution in [2.24, 2.45) is 4.40 Å². The van der Waals surface area contributed by atoms with E-state index in [-0.39, 0.29) is 30.3 Å². The van der Waals surface area contributed by atoms with Crippen LogP contribution in [0.1, 0.15) is 11.1 Å². The van der Waals surface area contributed by atoms with E-state index < -0.39 is 21.8 Å². The van der Waals surface area contributed by atoms with Crippen molar-refractivity contribution in [3.8, 4) is 0 Å². The number of anilines is 1. The normalized spacial score (nSPS) is 17.1. The zero-order chi connectivity index (χ0) is 20.3. The predicted octanol–water partition coefficient (Wildman–Crippen LogP) is 0.360. The van der Waals surface area contributed by atoms with Crippen molar-refractivity contribution in [3.63, 3.8) is 0 Å². The van der Waals surface area contributed by atoms with Gasteiger partial charge in [-0.05, 0) is 37.6 Å². The summed E-state index contributed by atoms with van der Waals surface area (Å²) in [5.41, 5.74) is 7.97. The molecule has 0 radical (unpaired) electrons. The van der Waals surface area contributed by atoms with Crippen LogP contribution in [0.15, 0.2) is 46.5 Å². The molecule has 9 nitrogen and oxygen atoms in total. The Kier molecular flexibility index (Phi) is 5.50. The number of hydrogen-bond donors (Lipinski definition) is 3. The van der Waals surface area contributed by atoms with Crippen LogP contribution in [-0.4, -0.2) is 49.8 Å². The average molecular weight is 403 g/mol. The van der Waals surface area contributed by atoms with Crippen LogP contribution in [0.25, 0.3) is 0 Å². The van der Waals surface area contributed by atoms with E-state index in [1.165, 1.54) is 18.4 Å². The molecule has 2 aliphatic heterocycles. The van der Waals surface area contributed by atoms with E-state index in [2.05, 4.69) is 20.6 Å². The van der Waals surface area contributed by atoms with Crippen molar-refractivity contribution >= 4 is 33.4 Å². The van der Waals surface area contributed by atoms with Gasteiger partial charge in [0.25, 0.3) is 21.8 Å². The molecule has 1 aromatic carbocycles. The van der Waals surface area contributed by atoms with Crippen molar-refractivity contribution < 1.29 is 18.0 Å². The molecule has 0 saturated carbocycles. The summed E-state index contributed by atoms with van der Waals surface area (Å²) in [6, 6.07) is 5.85. The van der Waals surface area contributed by atoms with Gasteiger partial charge in [0.1, 0.15) is 5.84 Å². The lowest BCUT2D eigenvalue weighted by Gasteiger charge is -2.26. The molecular formula is C18H21N5O4S. The molecule has 0 saturated heterocycles. The van der Waals surface area contributed by atoms with Crippen LogP contribution in [0, 0.1) is 13.8 Å². The number of carbonyl (C=O) groups excluding carboxylic acids is 2. The highest BCUT2D eigenvalue weighted by molar-refractivity contribution is 7.90. The third-order valence-electron chi connectivity index (χ3n) is 4.22. The van der Waals surface area contributed by atoms with Crippen LogP contribution in [0.5, 0.6) is 0 Å². The second-order valence-electron chi connectivity index (χ2n) is 6.52. The third-order valence-corrected chi connectivity index (χ3v) is 5.39. The number of hydrogen-bond acceptors (Lipinski definition) is 6. The SMILES string of the molecule is Cc1ccc(NCC(=O)NNC(=O)C2=CN3CCS(=O)(=O)N=C3C=C2)c(C)c1. The van der Waals surface area contributed by atoms with Crippen LogP contribution in [0.4, 0.5) is 5.69 Å². The number of amidine groups is 1. The number of nitrogens with one attached hydrogen (secondary N) is 3. The molecule has 2 amide bonds. The Hall–Kier alpha value is -3.14. The molecular weight excluding hydrogens is 382 g/mol. The summed E-state index contributed by atoms with van der Waals surface area (Å²) >= 11 is 0. The molecule has 0 atom stereocenters. The molecule has 148 valence electrons. The molecule has 3 N–H and O–H groups in total. The molecule has 10 heteroatoms. The Morgan fingerprint density at radius 1 is 1.18 bits per heavy atom. The number of nitrogens with zero attached hydrogens (tertiary/aromatic N) is 2.